The first-order chi connectivity index (χ1) is 35.9. The Morgan fingerprint density at radius 3 is 1.32 bits per heavy atom. The molecule has 3 atom stereocenters. The average molecular weight is 1050 g/mol. The lowest BCUT2D eigenvalue weighted by atomic mass is 10.1. The number of rotatable bonds is 53. The van der Waals surface area contributed by atoms with Crippen LogP contribution in [0.3, 0.4) is 0 Å². The zero-order chi connectivity index (χ0) is 54.3. The van der Waals surface area contributed by atoms with Crippen molar-refractivity contribution in [3.05, 3.63) is 97.2 Å². The molecular formula is C64H114N2O7P+. The summed E-state index contributed by atoms with van der Waals surface area (Å²) in [6.45, 7) is 6.84. The van der Waals surface area contributed by atoms with E-state index >= 15 is 0 Å². The van der Waals surface area contributed by atoms with Crippen LogP contribution < -0.4 is 5.32 Å². The lowest BCUT2D eigenvalue weighted by Crippen LogP contribution is -2.47. The van der Waals surface area contributed by atoms with Crippen LogP contribution in [0.4, 0.5) is 0 Å². The van der Waals surface area contributed by atoms with Crippen molar-refractivity contribution in [3.8, 4) is 0 Å². The molecule has 0 heterocycles. The van der Waals surface area contributed by atoms with Gasteiger partial charge in [-0.3, -0.25) is 18.6 Å². The zero-order valence-corrected chi connectivity index (χ0v) is 49.4. The number of carbonyl (C=O) groups is 2. The summed E-state index contributed by atoms with van der Waals surface area (Å²) >= 11 is 0. The molecule has 3 unspecified atom stereocenters. The van der Waals surface area contributed by atoms with Gasteiger partial charge in [0.15, 0.2) is 0 Å². The molecule has 0 radical (unpaired) electrons. The van der Waals surface area contributed by atoms with Crippen LogP contribution in [0.2, 0.25) is 0 Å². The number of quaternary nitrogens is 1. The Labute approximate surface area is 456 Å². The molecular weight excluding hydrogens is 940 g/mol. The second-order valence-electron chi connectivity index (χ2n) is 21.1. The number of hydrogen-bond donors (Lipinski definition) is 2. The Morgan fingerprint density at radius 1 is 0.486 bits per heavy atom. The van der Waals surface area contributed by atoms with Crippen LogP contribution in [0, 0.1) is 0 Å². The first kappa shape index (κ1) is 70.9. The highest BCUT2D eigenvalue weighted by Gasteiger charge is 2.30. The fraction of sp³-hybridized carbons (Fsp3) is 0.719. The molecule has 0 aromatic rings. The molecule has 0 aliphatic rings. The Hall–Kier alpha value is -3.07. The quantitative estimate of drug-likeness (QED) is 0.0205. The van der Waals surface area contributed by atoms with Crippen molar-refractivity contribution >= 4 is 19.7 Å². The normalized spacial score (nSPS) is 14.4. The number of nitrogens with one attached hydrogen (secondary N) is 1. The lowest BCUT2D eigenvalue weighted by Gasteiger charge is -2.27. The molecule has 9 nitrogen and oxygen atoms in total. The summed E-state index contributed by atoms with van der Waals surface area (Å²) < 4.78 is 30.6. The number of hydrogen-bond acceptors (Lipinski definition) is 6. The predicted molar refractivity (Wildman–Crippen MR) is 318 cm³/mol. The summed E-state index contributed by atoms with van der Waals surface area (Å²) in [5.41, 5.74) is 0. The zero-order valence-electron chi connectivity index (χ0n) is 48.6. The number of amides is 1. The van der Waals surface area contributed by atoms with E-state index in [1.54, 1.807) is 0 Å². The molecule has 0 bridgehead atoms. The second-order valence-corrected chi connectivity index (χ2v) is 22.6. The van der Waals surface area contributed by atoms with Gasteiger partial charge in [-0.1, -0.05) is 221 Å². The van der Waals surface area contributed by atoms with Gasteiger partial charge in [-0.15, -0.1) is 0 Å². The smallest absolute Gasteiger partial charge is 0.456 e. The molecule has 0 saturated carbocycles. The topological polar surface area (TPSA) is 111 Å². The fourth-order valence-corrected chi connectivity index (χ4v) is 8.85. The van der Waals surface area contributed by atoms with Crippen LogP contribution in [0.15, 0.2) is 97.2 Å². The summed E-state index contributed by atoms with van der Waals surface area (Å²) in [6.07, 6.45) is 71.2. The second kappa shape index (κ2) is 53.3. The van der Waals surface area contributed by atoms with Crippen LogP contribution in [0.5, 0.6) is 0 Å². The maximum absolute atomic E-state index is 13.5. The highest BCUT2D eigenvalue weighted by atomic mass is 31.2. The highest BCUT2D eigenvalue weighted by molar-refractivity contribution is 7.47. The van der Waals surface area contributed by atoms with E-state index < -0.39 is 20.0 Å². The van der Waals surface area contributed by atoms with Crippen molar-refractivity contribution in [2.45, 2.75) is 258 Å². The summed E-state index contributed by atoms with van der Waals surface area (Å²) in [4.78, 5) is 37.6. The third-order valence-corrected chi connectivity index (χ3v) is 13.7. The van der Waals surface area contributed by atoms with Crippen LogP contribution in [-0.4, -0.2) is 74.3 Å². The van der Waals surface area contributed by atoms with Crippen molar-refractivity contribution in [2.75, 3.05) is 40.9 Å². The molecule has 0 rings (SSSR count). The predicted octanol–water partition coefficient (Wildman–Crippen LogP) is 18.4. The van der Waals surface area contributed by atoms with Gasteiger partial charge in [-0.05, 0) is 109 Å². The summed E-state index contributed by atoms with van der Waals surface area (Å²) in [6, 6.07) is -0.872. The van der Waals surface area contributed by atoms with E-state index in [4.69, 9.17) is 13.8 Å². The van der Waals surface area contributed by atoms with Gasteiger partial charge in [0.05, 0.1) is 33.8 Å². The first-order valence-electron chi connectivity index (χ1n) is 30.1. The molecule has 0 aromatic carbocycles. The van der Waals surface area contributed by atoms with E-state index in [9.17, 15) is 19.0 Å². The molecule has 0 fully saturated rings. The number of phosphoric acid groups is 1. The number of likely N-dealkylation sites (N-methyl/N-ethyl adjacent to an activating group) is 1. The van der Waals surface area contributed by atoms with Gasteiger partial charge in [0, 0.05) is 12.8 Å². The van der Waals surface area contributed by atoms with Gasteiger partial charge in [0.1, 0.15) is 19.3 Å². The minimum absolute atomic E-state index is 0.0282. The van der Waals surface area contributed by atoms with Crippen molar-refractivity contribution in [2.24, 2.45) is 0 Å². The monoisotopic (exact) mass is 1050 g/mol. The van der Waals surface area contributed by atoms with E-state index in [1.807, 2.05) is 33.3 Å². The molecule has 0 saturated heterocycles. The van der Waals surface area contributed by atoms with Gasteiger partial charge in [-0.25, -0.2) is 4.57 Å². The van der Waals surface area contributed by atoms with Crippen molar-refractivity contribution in [1.29, 1.82) is 0 Å². The van der Waals surface area contributed by atoms with E-state index in [1.165, 1.54) is 89.9 Å². The van der Waals surface area contributed by atoms with Crippen LogP contribution in [0.1, 0.15) is 245 Å². The van der Waals surface area contributed by atoms with Crippen LogP contribution in [0.25, 0.3) is 0 Å². The Balaban J connectivity index is 5.30. The van der Waals surface area contributed by atoms with Crippen molar-refractivity contribution in [1.82, 2.24) is 5.32 Å². The number of carbonyl (C=O) groups excluding carboxylic acids is 2. The number of esters is 1. The van der Waals surface area contributed by atoms with E-state index in [-0.39, 0.29) is 31.5 Å². The Morgan fingerprint density at radius 2 is 0.865 bits per heavy atom. The Bertz CT molecular complexity index is 1590. The lowest BCUT2D eigenvalue weighted by molar-refractivity contribution is -0.870. The number of ether oxygens (including phenoxy) is 1. The molecule has 0 spiro atoms. The van der Waals surface area contributed by atoms with Crippen molar-refractivity contribution < 1.29 is 37.3 Å². The molecule has 0 aromatic heterocycles. The van der Waals surface area contributed by atoms with Crippen molar-refractivity contribution in [3.63, 3.8) is 0 Å². The number of nitrogens with zero attached hydrogens (tertiary/aromatic N) is 1. The van der Waals surface area contributed by atoms with E-state index in [2.05, 4.69) is 111 Å². The largest absolute Gasteiger partial charge is 0.472 e. The number of phosphoric ester groups is 1. The Kier molecular flexibility index (Phi) is 51.1. The summed E-state index contributed by atoms with van der Waals surface area (Å²) in [5, 5.41) is 3.03. The molecule has 0 aliphatic carbocycles. The summed E-state index contributed by atoms with van der Waals surface area (Å²) in [7, 11) is 1.46. The molecule has 10 heteroatoms. The first-order valence-corrected chi connectivity index (χ1v) is 31.6. The minimum Gasteiger partial charge on any atom is -0.456 e. The SMILES string of the molecule is CC/C=C\C/C=C\C/C=C\C/C=C\C/C=C\C/C=C\CCCCCCC(=O)NC(COP(=O)(O)OCC[N+](C)(C)C)C(/C=C\CCCCCCCCCCC)OC(=O)CCCCC/C=C\CCCCCCCCC. The van der Waals surface area contributed by atoms with Gasteiger partial charge < -0.3 is 19.4 Å². The van der Waals surface area contributed by atoms with E-state index in [0.717, 1.165) is 109 Å². The van der Waals surface area contributed by atoms with Crippen LogP contribution in [-0.2, 0) is 27.9 Å². The fourth-order valence-electron chi connectivity index (χ4n) is 8.11. The molecule has 74 heavy (non-hydrogen) atoms. The van der Waals surface area contributed by atoms with Gasteiger partial charge >= 0.3 is 13.8 Å². The van der Waals surface area contributed by atoms with E-state index in [0.29, 0.717) is 30.3 Å². The molecule has 1 amide bonds. The standard InChI is InChI=1S/C64H113N2O7P/c1-7-10-13-16-19-22-25-27-29-30-31-32-33-34-35-36-37-38-41-44-47-50-53-56-63(67)65-61(60-72-74(69,70)71-59-58-66(4,5)6)62(55-52-49-46-43-40-24-21-18-15-12-9-3)73-64(68)57-54-51-48-45-42-39-28-26-23-20-17-14-11-8-2/h10,13,19,22,27,29,31-32,34-35,37-39,42,52,55,61-62H,7-9,11-12,14-18,20-21,23-26,28,30,33,36,40-41,43-51,53-54,56-60H2,1-6H3,(H-,65,67,69,70)/p+1/b13-10-,22-19-,29-27-,32-31-,35-34-,38-37-,42-39-,55-52-. The molecule has 0 aliphatic heterocycles. The van der Waals surface area contributed by atoms with Gasteiger partial charge in [0.2, 0.25) is 5.91 Å². The third kappa shape index (κ3) is 53.7. The third-order valence-electron chi connectivity index (χ3n) is 12.8. The van der Waals surface area contributed by atoms with Gasteiger partial charge in [-0.2, -0.15) is 0 Å². The maximum Gasteiger partial charge on any atom is 0.472 e. The number of unbranched alkanes of at least 4 members (excludes halogenated alkanes) is 23. The molecule has 2 N–H and O–H groups in total. The number of allylic oxidation sites excluding steroid dienone is 15. The summed E-state index contributed by atoms with van der Waals surface area (Å²) in [5.74, 6) is -0.558. The molecule has 426 valence electrons. The van der Waals surface area contributed by atoms with Crippen LogP contribution >= 0.6 is 7.82 Å². The minimum atomic E-state index is -4.46. The highest BCUT2D eigenvalue weighted by Crippen LogP contribution is 2.43. The van der Waals surface area contributed by atoms with Gasteiger partial charge in [0.25, 0.3) is 0 Å². The average Bonchev–Trinajstić information content (AvgIpc) is 3.36. The maximum atomic E-state index is 13.5.